The van der Waals surface area contributed by atoms with Crippen molar-refractivity contribution >= 4 is 5.91 Å². The zero-order valence-corrected chi connectivity index (χ0v) is 16.4. The van der Waals surface area contributed by atoms with Gasteiger partial charge in [0.25, 0.3) is 11.8 Å². The van der Waals surface area contributed by atoms with E-state index < -0.39 is 0 Å². The van der Waals surface area contributed by atoms with Crippen molar-refractivity contribution in [2.24, 2.45) is 0 Å². The fourth-order valence-electron chi connectivity index (χ4n) is 2.85. The summed E-state index contributed by atoms with van der Waals surface area (Å²) in [7, 11) is 0. The van der Waals surface area contributed by atoms with Crippen molar-refractivity contribution in [2.45, 2.75) is 26.3 Å². The average molecular weight is 406 g/mol. The summed E-state index contributed by atoms with van der Waals surface area (Å²) in [6.07, 6.45) is 5.42. The fraction of sp³-hybridized carbons (Fsp3) is 0.190. The number of carbonyl (C=O) groups is 1. The number of aromatic nitrogens is 5. The Morgan fingerprint density at radius 2 is 2.00 bits per heavy atom. The summed E-state index contributed by atoms with van der Waals surface area (Å²) in [5, 5.41) is 6.72. The number of hydrogen-bond donors (Lipinski definition) is 1. The fourth-order valence-corrected chi connectivity index (χ4v) is 2.85. The number of halogens is 1. The summed E-state index contributed by atoms with van der Waals surface area (Å²) in [6, 6.07) is 9.29. The number of imidazole rings is 1. The summed E-state index contributed by atoms with van der Waals surface area (Å²) in [5.41, 5.74) is 1.75. The molecular formula is C21H19FN6O2. The lowest BCUT2D eigenvalue weighted by molar-refractivity contribution is 0.0935. The molecule has 0 aliphatic heterocycles. The van der Waals surface area contributed by atoms with Crippen molar-refractivity contribution < 1.29 is 13.7 Å². The Morgan fingerprint density at radius 1 is 1.20 bits per heavy atom. The van der Waals surface area contributed by atoms with Crippen LogP contribution in [0.2, 0.25) is 0 Å². The van der Waals surface area contributed by atoms with Gasteiger partial charge in [-0.1, -0.05) is 24.2 Å². The molecule has 1 amide bonds. The number of pyridine rings is 1. The highest BCUT2D eigenvalue weighted by atomic mass is 19.1. The van der Waals surface area contributed by atoms with Gasteiger partial charge in [0.05, 0.1) is 11.6 Å². The van der Waals surface area contributed by atoms with Crippen molar-refractivity contribution in [3.8, 4) is 17.3 Å². The van der Waals surface area contributed by atoms with E-state index in [2.05, 4.69) is 25.4 Å². The van der Waals surface area contributed by atoms with Crippen LogP contribution < -0.4 is 5.32 Å². The van der Waals surface area contributed by atoms with Gasteiger partial charge in [0.1, 0.15) is 23.7 Å². The third-order valence-electron chi connectivity index (χ3n) is 4.58. The molecule has 4 rings (SSSR count). The van der Waals surface area contributed by atoms with Gasteiger partial charge in [-0.05, 0) is 36.8 Å². The van der Waals surface area contributed by atoms with E-state index in [0.717, 1.165) is 5.56 Å². The van der Waals surface area contributed by atoms with Crippen LogP contribution in [0.1, 0.15) is 41.8 Å². The lowest BCUT2D eigenvalue weighted by Crippen LogP contribution is -2.26. The molecule has 0 radical (unpaired) electrons. The minimum Gasteiger partial charge on any atom is -0.344 e. The van der Waals surface area contributed by atoms with Gasteiger partial charge < -0.3 is 9.84 Å². The SMILES string of the molecule is CCc1noc(-c2ccc(-n3cnc(C(=O)N[C@@H](C)c4ccc(F)cc4)c3)nc2)n1. The number of aryl methyl sites for hydroxylation is 1. The maximum atomic E-state index is 13.1. The standard InChI is InChI=1S/C21H19FN6O2/c1-3-18-26-21(30-27-18)15-6-9-19(23-10-15)28-11-17(24-12-28)20(29)25-13(2)14-4-7-16(22)8-5-14/h4-13H,3H2,1-2H3,(H,25,29)/t13-/m0/s1. The molecule has 152 valence electrons. The first-order valence-corrected chi connectivity index (χ1v) is 9.43. The van der Waals surface area contributed by atoms with Crippen LogP contribution in [0, 0.1) is 5.82 Å². The van der Waals surface area contributed by atoms with Gasteiger partial charge in [-0.15, -0.1) is 0 Å². The molecule has 3 aromatic heterocycles. The van der Waals surface area contributed by atoms with Crippen molar-refractivity contribution in [2.75, 3.05) is 0 Å². The molecule has 1 aromatic carbocycles. The smallest absolute Gasteiger partial charge is 0.271 e. The Bertz CT molecular complexity index is 1150. The Kier molecular flexibility index (Phi) is 5.34. The average Bonchev–Trinajstić information content (AvgIpc) is 3.44. The van der Waals surface area contributed by atoms with E-state index in [0.29, 0.717) is 29.5 Å². The van der Waals surface area contributed by atoms with Gasteiger partial charge in [0, 0.05) is 18.8 Å². The lowest BCUT2D eigenvalue weighted by Gasteiger charge is -2.13. The molecule has 0 saturated carbocycles. The Morgan fingerprint density at radius 3 is 2.67 bits per heavy atom. The van der Waals surface area contributed by atoms with Crippen LogP contribution in [-0.2, 0) is 6.42 Å². The minimum atomic E-state index is -0.333. The molecule has 3 heterocycles. The molecule has 0 unspecified atom stereocenters. The molecule has 0 bridgehead atoms. The van der Waals surface area contributed by atoms with E-state index in [9.17, 15) is 9.18 Å². The van der Waals surface area contributed by atoms with Crippen molar-refractivity contribution in [1.29, 1.82) is 0 Å². The van der Waals surface area contributed by atoms with Gasteiger partial charge >= 0.3 is 0 Å². The number of amides is 1. The summed E-state index contributed by atoms with van der Waals surface area (Å²) in [5.74, 6) is 0.979. The summed E-state index contributed by atoms with van der Waals surface area (Å²) >= 11 is 0. The van der Waals surface area contributed by atoms with Crippen molar-refractivity contribution in [1.82, 2.24) is 30.0 Å². The minimum absolute atomic E-state index is 0.249. The summed E-state index contributed by atoms with van der Waals surface area (Å²) < 4.78 is 19.9. The molecule has 30 heavy (non-hydrogen) atoms. The number of hydrogen-bond acceptors (Lipinski definition) is 6. The molecule has 0 aliphatic carbocycles. The van der Waals surface area contributed by atoms with Gasteiger partial charge in [0.15, 0.2) is 5.82 Å². The van der Waals surface area contributed by atoms with Crippen LogP contribution in [0.5, 0.6) is 0 Å². The van der Waals surface area contributed by atoms with E-state index in [4.69, 9.17) is 4.52 Å². The molecule has 1 N–H and O–H groups in total. The number of nitrogens with zero attached hydrogens (tertiary/aromatic N) is 5. The summed E-state index contributed by atoms with van der Waals surface area (Å²) in [6.45, 7) is 3.77. The highest BCUT2D eigenvalue weighted by molar-refractivity contribution is 5.92. The van der Waals surface area contributed by atoms with Crippen LogP contribution in [0.4, 0.5) is 4.39 Å². The number of carbonyl (C=O) groups excluding carboxylic acids is 1. The molecule has 1 atom stereocenters. The quantitative estimate of drug-likeness (QED) is 0.526. The predicted molar refractivity (Wildman–Crippen MR) is 106 cm³/mol. The molecule has 0 fully saturated rings. The maximum absolute atomic E-state index is 13.1. The molecule has 4 aromatic rings. The third kappa shape index (κ3) is 4.09. The number of nitrogens with one attached hydrogen (secondary N) is 1. The molecule has 0 aliphatic rings. The number of rotatable bonds is 6. The monoisotopic (exact) mass is 406 g/mol. The molecule has 0 spiro atoms. The largest absolute Gasteiger partial charge is 0.344 e. The molecule has 0 saturated heterocycles. The first-order valence-electron chi connectivity index (χ1n) is 9.43. The first kappa shape index (κ1) is 19.4. The van der Waals surface area contributed by atoms with E-state index in [1.807, 2.05) is 19.9 Å². The normalized spacial score (nSPS) is 12.0. The van der Waals surface area contributed by atoms with Crippen molar-refractivity contribution in [3.63, 3.8) is 0 Å². The molecule has 9 heteroatoms. The lowest BCUT2D eigenvalue weighted by atomic mass is 10.1. The zero-order valence-electron chi connectivity index (χ0n) is 16.4. The van der Waals surface area contributed by atoms with E-state index in [1.165, 1.54) is 18.5 Å². The molecule has 8 nitrogen and oxygen atoms in total. The Hall–Kier alpha value is -3.88. The van der Waals surface area contributed by atoms with Gasteiger partial charge in [-0.25, -0.2) is 14.4 Å². The van der Waals surface area contributed by atoms with Gasteiger partial charge in [-0.3, -0.25) is 9.36 Å². The van der Waals surface area contributed by atoms with Crippen LogP contribution in [0.3, 0.4) is 0 Å². The molecular weight excluding hydrogens is 387 g/mol. The van der Waals surface area contributed by atoms with E-state index in [1.54, 1.807) is 35.2 Å². The second kappa shape index (κ2) is 8.24. The second-order valence-electron chi connectivity index (χ2n) is 6.69. The topological polar surface area (TPSA) is 98.7 Å². The van der Waals surface area contributed by atoms with Crippen molar-refractivity contribution in [3.05, 3.63) is 78.0 Å². The Labute approximate surface area is 171 Å². The van der Waals surface area contributed by atoms with Crippen LogP contribution in [0.25, 0.3) is 17.3 Å². The van der Waals surface area contributed by atoms with E-state index >= 15 is 0 Å². The first-order chi connectivity index (χ1) is 14.5. The van der Waals surface area contributed by atoms with Crippen LogP contribution >= 0.6 is 0 Å². The van der Waals surface area contributed by atoms with Gasteiger partial charge in [-0.2, -0.15) is 4.98 Å². The maximum Gasteiger partial charge on any atom is 0.271 e. The van der Waals surface area contributed by atoms with Crippen LogP contribution in [0.15, 0.2) is 59.6 Å². The second-order valence-corrected chi connectivity index (χ2v) is 6.69. The van der Waals surface area contributed by atoms with Crippen LogP contribution in [-0.4, -0.2) is 30.6 Å². The third-order valence-corrected chi connectivity index (χ3v) is 4.58. The predicted octanol–water partition coefficient (Wildman–Crippen LogP) is 3.51. The summed E-state index contributed by atoms with van der Waals surface area (Å²) in [4.78, 5) is 25.3. The Balaban J connectivity index is 1.45. The number of benzene rings is 1. The highest BCUT2D eigenvalue weighted by Crippen LogP contribution is 2.18. The highest BCUT2D eigenvalue weighted by Gasteiger charge is 2.15. The van der Waals surface area contributed by atoms with Gasteiger partial charge in [0.2, 0.25) is 0 Å². The van der Waals surface area contributed by atoms with E-state index in [-0.39, 0.29) is 23.5 Å². The zero-order chi connectivity index (χ0) is 21.1.